The number of ether oxygens (including phenoxy) is 2. The molecule has 56 heavy (non-hydrogen) atoms. The van der Waals surface area contributed by atoms with Crippen molar-refractivity contribution in [1.29, 1.82) is 0 Å². The van der Waals surface area contributed by atoms with Crippen molar-refractivity contribution in [3.8, 4) is 39.5 Å². The summed E-state index contributed by atoms with van der Waals surface area (Å²) in [6.45, 7) is 0. The number of carbonyl (C=O) groups is 4. The van der Waals surface area contributed by atoms with Gasteiger partial charge in [-0.1, -0.05) is 89.9 Å². The average Bonchev–Trinajstić information content (AvgIpc) is 3.70. The number of hydrogen-bond acceptors (Lipinski definition) is 9. The number of para-hydroxylation sites is 2. The molecule has 0 radical (unpaired) electrons. The minimum absolute atomic E-state index is 0.0195. The Morgan fingerprint density at radius 2 is 1.12 bits per heavy atom. The number of aromatic hydroxyl groups is 1. The van der Waals surface area contributed by atoms with Crippen molar-refractivity contribution in [2.24, 2.45) is 0 Å². The number of carbonyl (C=O) groups excluding carboxylic acids is 4. The number of amides is 2. The van der Waals surface area contributed by atoms with Gasteiger partial charge in [-0.25, -0.2) is 13.2 Å². The molecule has 8 rings (SSSR count). The predicted molar refractivity (Wildman–Crippen MR) is 209 cm³/mol. The van der Waals surface area contributed by atoms with Crippen molar-refractivity contribution in [2.45, 2.75) is 11.3 Å². The van der Waals surface area contributed by atoms with Crippen molar-refractivity contribution < 1.29 is 46.9 Å². The fourth-order valence-corrected chi connectivity index (χ4v) is 9.22. The number of rotatable bonds is 6. The summed E-state index contributed by atoms with van der Waals surface area (Å²) in [6.07, 6.45) is 0. The smallest absolute Gasteiger partial charge is 0.279 e. The molecule has 4 aromatic carbocycles. The third-order valence-electron chi connectivity index (χ3n) is 9.15. The molecule has 284 valence electrons. The molecule has 9 nitrogen and oxygen atoms in total. The van der Waals surface area contributed by atoms with Crippen LogP contribution in [0.3, 0.4) is 0 Å². The molecule has 0 fully saturated rings. The monoisotopic (exact) mass is 836 g/mol. The Hall–Kier alpha value is -5.67. The molecular weight excluding hydrogens is 812 g/mol. The van der Waals surface area contributed by atoms with Crippen LogP contribution in [0, 0.1) is 5.82 Å². The standard InChI is InChI=1S/C20H12ClF2NO4S.C20H13ClFNO3S/c1-28-13-5-3-2-4-11(13)20(23)16(26)15-14(10-7-6-9(22)8-12(10)25)17(21)29-18(15)24-19(20)27;1-26-13-10-6-5-9-12(13)14-15-16(24)20(22,11-7-3-2-4-8-11)19(25)23-18(15)27-17(14)21/h2-8,25H,1H3,(H,24,27);2-10H,1H3,(H,23,25). The predicted octanol–water partition coefficient (Wildman–Crippen LogP) is 10.00. The van der Waals surface area contributed by atoms with Gasteiger partial charge in [0.15, 0.2) is 0 Å². The van der Waals surface area contributed by atoms with Gasteiger partial charge in [-0.2, -0.15) is 0 Å². The molecule has 2 atom stereocenters. The second kappa shape index (κ2) is 14.8. The van der Waals surface area contributed by atoms with Crippen molar-refractivity contribution in [3.63, 3.8) is 0 Å². The maximum absolute atomic E-state index is 16.1. The number of nitrogens with one attached hydrogen (secondary N) is 2. The third-order valence-corrected chi connectivity index (χ3v) is 11.8. The highest BCUT2D eigenvalue weighted by Gasteiger charge is 2.56. The van der Waals surface area contributed by atoms with Crippen molar-refractivity contribution >= 4 is 79.3 Å². The molecule has 2 aliphatic heterocycles. The van der Waals surface area contributed by atoms with Crippen molar-refractivity contribution in [3.05, 3.63) is 134 Å². The summed E-state index contributed by atoms with van der Waals surface area (Å²) in [6, 6.07) is 23.6. The lowest BCUT2D eigenvalue weighted by molar-refractivity contribution is -0.126. The van der Waals surface area contributed by atoms with E-state index in [1.165, 1.54) is 50.6 Å². The second-order valence-electron chi connectivity index (χ2n) is 12.2. The summed E-state index contributed by atoms with van der Waals surface area (Å²) in [7, 11) is 2.79. The normalized spacial score (nSPS) is 18.6. The van der Waals surface area contributed by atoms with Gasteiger partial charge in [-0.05, 0) is 24.3 Å². The van der Waals surface area contributed by atoms with Gasteiger partial charge in [0.2, 0.25) is 11.6 Å². The Morgan fingerprint density at radius 1 is 0.625 bits per heavy atom. The third kappa shape index (κ3) is 6.09. The Labute approximate surface area is 334 Å². The van der Waals surface area contributed by atoms with Gasteiger partial charge in [0, 0.05) is 39.4 Å². The van der Waals surface area contributed by atoms with E-state index < -0.39 is 46.3 Å². The summed E-state index contributed by atoms with van der Waals surface area (Å²) in [4.78, 5) is 51.7. The topological polar surface area (TPSA) is 131 Å². The van der Waals surface area contributed by atoms with E-state index in [9.17, 15) is 28.7 Å². The van der Waals surface area contributed by atoms with Crippen LogP contribution in [0.15, 0.2) is 97.1 Å². The second-order valence-corrected chi connectivity index (χ2v) is 15.5. The molecule has 2 aliphatic rings. The quantitative estimate of drug-likeness (QED) is 0.142. The number of alkyl halides is 2. The van der Waals surface area contributed by atoms with Crippen LogP contribution < -0.4 is 20.1 Å². The van der Waals surface area contributed by atoms with Crippen LogP contribution in [-0.2, 0) is 20.9 Å². The maximum atomic E-state index is 16.1. The zero-order chi connectivity index (χ0) is 40.1. The fourth-order valence-electron chi connectivity index (χ4n) is 6.50. The molecule has 0 saturated carbocycles. The van der Waals surface area contributed by atoms with Crippen molar-refractivity contribution in [2.75, 3.05) is 24.9 Å². The molecule has 2 unspecified atom stereocenters. The number of benzene rings is 4. The maximum Gasteiger partial charge on any atom is 0.279 e. The lowest BCUT2D eigenvalue weighted by Crippen LogP contribution is -2.47. The highest BCUT2D eigenvalue weighted by atomic mass is 35.5. The molecule has 16 heteroatoms. The lowest BCUT2D eigenvalue weighted by Gasteiger charge is -2.29. The van der Waals surface area contributed by atoms with Crippen molar-refractivity contribution in [1.82, 2.24) is 0 Å². The molecule has 4 heterocycles. The van der Waals surface area contributed by atoms with Gasteiger partial charge < -0.3 is 25.2 Å². The molecule has 2 amide bonds. The molecule has 0 bridgehead atoms. The van der Waals surface area contributed by atoms with Gasteiger partial charge in [-0.15, -0.1) is 22.7 Å². The first-order valence-electron chi connectivity index (χ1n) is 16.3. The number of thiophene rings is 2. The first kappa shape index (κ1) is 38.6. The van der Waals surface area contributed by atoms with E-state index in [2.05, 4.69) is 10.6 Å². The summed E-state index contributed by atoms with van der Waals surface area (Å²) >= 11 is 14.5. The SMILES string of the molecule is COc1ccccc1-c1c(Cl)sc2c1C(=O)C(F)(c1ccccc1)C(=O)N2.COc1ccccc1C1(F)C(=O)Nc2sc(Cl)c(-c3ccc(F)cc3O)c2C1=O. The average molecular weight is 838 g/mol. The largest absolute Gasteiger partial charge is 0.507 e. The molecule has 0 aliphatic carbocycles. The summed E-state index contributed by atoms with van der Waals surface area (Å²) < 4.78 is 56.1. The van der Waals surface area contributed by atoms with E-state index >= 15 is 8.78 Å². The molecular formula is C40H25Cl2F3N2O7S2. The number of phenols is 1. The van der Waals surface area contributed by atoms with Crippen LogP contribution in [-0.4, -0.2) is 42.7 Å². The summed E-state index contributed by atoms with van der Waals surface area (Å²) in [5, 5.41) is 15.3. The van der Waals surface area contributed by atoms with Crippen LogP contribution in [0.4, 0.5) is 23.2 Å². The van der Waals surface area contributed by atoms with Gasteiger partial charge >= 0.3 is 0 Å². The molecule has 3 N–H and O–H groups in total. The fraction of sp³-hybridized carbons (Fsp3) is 0.100. The Kier molecular flexibility index (Phi) is 10.2. The van der Waals surface area contributed by atoms with Gasteiger partial charge in [0.05, 0.1) is 25.3 Å². The van der Waals surface area contributed by atoms with Crippen LogP contribution in [0.1, 0.15) is 31.8 Å². The minimum Gasteiger partial charge on any atom is -0.507 e. The highest BCUT2D eigenvalue weighted by molar-refractivity contribution is 7.21. The molecule has 6 aromatic rings. The van der Waals surface area contributed by atoms with E-state index in [4.69, 9.17) is 32.7 Å². The number of methoxy groups -OCH3 is 2. The van der Waals surface area contributed by atoms with Gasteiger partial charge in [0.1, 0.15) is 41.7 Å². The molecule has 0 spiro atoms. The van der Waals surface area contributed by atoms with E-state index in [-0.39, 0.29) is 57.8 Å². The van der Waals surface area contributed by atoms with Gasteiger partial charge in [0.25, 0.3) is 23.2 Å². The van der Waals surface area contributed by atoms with E-state index in [1.54, 1.807) is 48.5 Å². The lowest BCUT2D eigenvalue weighted by atomic mass is 9.82. The van der Waals surface area contributed by atoms with Crippen LogP contribution >= 0.6 is 45.9 Å². The Bertz CT molecular complexity index is 2600. The zero-order valence-corrected chi connectivity index (χ0v) is 32.0. The van der Waals surface area contributed by atoms with E-state index in [0.717, 1.165) is 34.8 Å². The Morgan fingerprint density at radius 3 is 1.71 bits per heavy atom. The summed E-state index contributed by atoms with van der Waals surface area (Å²) in [5.41, 5.74) is -5.34. The van der Waals surface area contributed by atoms with E-state index in [0.29, 0.717) is 16.9 Å². The number of Topliss-reactive ketones (excluding diaryl/α,β-unsaturated/α-hetero) is 2. The number of anilines is 2. The highest BCUT2D eigenvalue weighted by Crippen LogP contribution is 2.53. The van der Waals surface area contributed by atoms with E-state index in [1.807, 2.05) is 0 Å². The Balaban J connectivity index is 0.000000172. The summed E-state index contributed by atoms with van der Waals surface area (Å²) in [5.74, 6) is -4.93. The van der Waals surface area contributed by atoms with Crippen LogP contribution in [0.2, 0.25) is 8.67 Å². The molecule has 0 saturated heterocycles. The number of ketones is 2. The number of phenolic OH excluding ortho intramolecular Hbond substituents is 1. The zero-order valence-electron chi connectivity index (χ0n) is 28.8. The van der Waals surface area contributed by atoms with Crippen LogP contribution in [0.25, 0.3) is 22.3 Å². The first-order chi connectivity index (χ1) is 26.8. The number of hydrogen-bond donors (Lipinski definition) is 3. The first-order valence-corrected chi connectivity index (χ1v) is 18.7. The van der Waals surface area contributed by atoms with Gasteiger partial charge in [-0.3, -0.25) is 19.2 Å². The molecule has 2 aromatic heterocycles. The minimum atomic E-state index is -3.07. The van der Waals surface area contributed by atoms with Crippen LogP contribution in [0.5, 0.6) is 17.2 Å². The number of fused-ring (bicyclic) bond motifs is 2. The number of halogens is 5.